The molecule has 0 aromatic heterocycles. The topological polar surface area (TPSA) is 35.9 Å². The molecule has 1 fully saturated rings. The van der Waals surface area contributed by atoms with Crippen LogP contribution in [-0.2, 0) is 0 Å². The van der Waals surface area contributed by atoms with Crippen LogP contribution >= 0.6 is 0 Å². The van der Waals surface area contributed by atoms with Gasteiger partial charge in [-0.05, 0) is 6.54 Å². The maximum atomic E-state index is 10.8. The molecule has 0 aromatic rings. The number of hydrogen-bond acceptors (Lipinski definition) is 3. The van der Waals surface area contributed by atoms with Crippen molar-refractivity contribution in [3.8, 4) is 0 Å². The molecule has 0 radical (unpaired) electrons. The van der Waals surface area contributed by atoms with Crippen LogP contribution in [0.25, 0.3) is 0 Å². The molecule has 0 amide bonds. The van der Waals surface area contributed by atoms with E-state index < -0.39 is 0 Å². The number of piperazine rings is 1. The largest absolute Gasteiger partial charge is 0.302 e. The van der Waals surface area contributed by atoms with Crippen molar-refractivity contribution in [1.29, 1.82) is 0 Å². The maximum absolute atomic E-state index is 10.8. The molecule has 1 aliphatic heterocycles. The molecule has 4 nitrogen and oxygen atoms in total. The lowest BCUT2D eigenvalue weighted by molar-refractivity contribution is 0.0567. The molecule has 8 heteroatoms. The lowest BCUT2D eigenvalue weighted by Gasteiger charge is -2.54. The van der Waals surface area contributed by atoms with Gasteiger partial charge in [-0.2, -0.15) is 0 Å². The Morgan fingerprint density at radius 3 is 1.93 bits per heavy atom. The first-order valence-electron chi connectivity index (χ1n) is 5.19. The van der Waals surface area contributed by atoms with E-state index >= 15 is 0 Å². The van der Waals surface area contributed by atoms with Crippen molar-refractivity contribution in [2.75, 3.05) is 19.6 Å². The molecule has 0 saturated carbocycles. The van der Waals surface area contributed by atoms with E-state index in [0.717, 1.165) is 19.6 Å². The summed E-state index contributed by atoms with van der Waals surface area (Å²) in [5, 5.41) is 4.54. The summed E-state index contributed by atoms with van der Waals surface area (Å²) >= 11 is 0. The fraction of sp³-hybridized carbons (Fsp3) is 1.00. The van der Waals surface area contributed by atoms with Crippen molar-refractivity contribution in [2.24, 2.45) is 5.29 Å². The quantitative estimate of drug-likeness (QED) is 0.330. The highest BCUT2D eigenvalue weighted by atomic mass is 16.3. The zero-order valence-electron chi connectivity index (χ0n) is 9.87. The highest BCUT2D eigenvalue weighted by Gasteiger charge is 2.43. The van der Waals surface area contributed by atoms with Crippen molar-refractivity contribution in [1.82, 2.24) is 9.91 Å². The zero-order valence-corrected chi connectivity index (χ0v) is 9.87. The Morgan fingerprint density at radius 2 is 1.64 bits per heavy atom. The summed E-state index contributed by atoms with van der Waals surface area (Å²) in [5.74, 6) is 0. The molecule has 14 heavy (non-hydrogen) atoms. The summed E-state index contributed by atoms with van der Waals surface area (Å²) in [7, 11) is 8.27. The van der Waals surface area contributed by atoms with E-state index in [1.165, 1.54) is 0 Å². The van der Waals surface area contributed by atoms with Crippen LogP contribution in [0.1, 0.15) is 6.92 Å². The van der Waals surface area contributed by atoms with Crippen molar-refractivity contribution in [2.45, 2.75) is 17.6 Å². The predicted octanol–water partition coefficient (Wildman–Crippen LogP) is -3.85. The summed E-state index contributed by atoms with van der Waals surface area (Å²) in [6.07, 6.45) is 0. The van der Waals surface area contributed by atoms with Crippen molar-refractivity contribution >= 4 is 31.4 Å². The fourth-order valence-corrected chi connectivity index (χ4v) is 2.55. The molecule has 1 saturated heterocycles. The van der Waals surface area contributed by atoms with Crippen LogP contribution < -0.4 is 0 Å². The predicted molar refractivity (Wildman–Crippen MR) is 69.4 cm³/mol. The Balaban J connectivity index is 2.92. The molecule has 0 unspecified atom stereocenters. The van der Waals surface area contributed by atoms with Gasteiger partial charge in [-0.15, -0.1) is 4.91 Å². The van der Waals surface area contributed by atoms with Crippen LogP contribution in [0.4, 0.5) is 0 Å². The third kappa shape index (κ3) is 2.00. The zero-order chi connectivity index (χ0) is 11.0. The van der Waals surface area contributed by atoms with Gasteiger partial charge in [0, 0.05) is 23.8 Å². The van der Waals surface area contributed by atoms with E-state index in [1.54, 1.807) is 5.01 Å². The molecule has 0 N–H and O–H groups in total. The van der Waals surface area contributed by atoms with E-state index in [0.29, 0.717) is 0 Å². The molecule has 0 spiro atoms. The van der Waals surface area contributed by atoms with Crippen molar-refractivity contribution in [3.05, 3.63) is 4.91 Å². The van der Waals surface area contributed by atoms with Crippen LogP contribution in [0.15, 0.2) is 5.29 Å². The number of nitroso groups, excluding NO2 is 1. The van der Waals surface area contributed by atoms with Gasteiger partial charge in [0.1, 0.15) is 31.4 Å². The third-order valence-corrected chi connectivity index (χ3v) is 2.90. The van der Waals surface area contributed by atoms with Crippen LogP contribution in [0.2, 0.25) is 0 Å². The van der Waals surface area contributed by atoms with Crippen LogP contribution in [0.5, 0.6) is 0 Å². The van der Waals surface area contributed by atoms with Gasteiger partial charge in [0.2, 0.25) is 0 Å². The number of likely N-dealkylation sites (N-methyl/N-ethyl adjacent to an activating group) is 1. The highest BCUT2D eigenvalue weighted by molar-refractivity contribution is 6.44. The second-order valence-corrected chi connectivity index (χ2v) is 5.32. The molecular formula is C6H17B4N3O. The molecule has 0 aromatic carbocycles. The van der Waals surface area contributed by atoms with Gasteiger partial charge in [-0.1, -0.05) is 6.92 Å². The van der Waals surface area contributed by atoms with Crippen molar-refractivity contribution in [3.63, 3.8) is 0 Å². The summed E-state index contributed by atoms with van der Waals surface area (Å²) in [6, 6.07) is 0. The second kappa shape index (κ2) is 3.65. The SMILES string of the molecule is BC1(B)CN(CC)CC(B)(B)N1N=O. The van der Waals surface area contributed by atoms with Gasteiger partial charge < -0.3 is 4.90 Å². The fourth-order valence-electron chi connectivity index (χ4n) is 2.55. The summed E-state index contributed by atoms with van der Waals surface area (Å²) in [4.78, 5) is 13.2. The number of rotatable bonds is 2. The molecule has 1 rings (SSSR count). The molecule has 1 aliphatic rings. The Labute approximate surface area is 89.3 Å². The molecule has 0 atom stereocenters. The van der Waals surface area contributed by atoms with Gasteiger partial charge in [-0.3, -0.25) is 5.01 Å². The summed E-state index contributed by atoms with van der Waals surface area (Å²) < 4.78 is 0. The van der Waals surface area contributed by atoms with Gasteiger partial charge in [-0.25, -0.2) is 0 Å². The third-order valence-electron chi connectivity index (χ3n) is 2.90. The van der Waals surface area contributed by atoms with Gasteiger partial charge in [0.25, 0.3) is 0 Å². The number of nitrogens with zero attached hydrogens (tertiary/aromatic N) is 3. The first-order valence-corrected chi connectivity index (χ1v) is 5.19. The van der Waals surface area contributed by atoms with Gasteiger partial charge in [0.05, 0.1) is 5.29 Å². The summed E-state index contributed by atoms with van der Waals surface area (Å²) in [5.41, 5.74) is 0. The van der Waals surface area contributed by atoms with Crippen LogP contribution in [0, 0.1) is 4.91 Å². The molecule has 74 valence electrons. The Bertz CT molecular complexity index is 217. The van der Waals surface area contributed by atoms with Crippen LogP contribution in [0.3, 0.4) is 0 Å². The monoisotopic (exact) mass is 191 g/mol. The molecule has 1 heterocycles. The lowest BCUT2D eigenvalue weighted by atomic mass is 9.51. The molecule has 0 bridgehead atoms. The standard InChI is InChI=1S/C6H17B4N3O/c1-2-12-3-5(7,8)13(11-14)6(9,10)4-12/h2-4,7-10H2,1H3. The minimum atomic E-state index is -0.167. The Kier molecular flexibility index (Phi) is 3.04. The van der Waals surface area contributed by atoms with Gasteiger partial charge in [0.15, 0.2) is 0 Å². The van der Waals surface area contributed by atoms with E-state index in [1.807, 2.05) is 0 Å². The van der Waals surface area contributed by atoms with Crippen LogP contribution in [-0.4, -0.2) is 71.6 Å². The van der Waals surface area contributed by atoms with E-state index in [-0.39, 0.29) is 10.7 Å². The van der Waals surface area contributed by atoms with Gasteiger partial charge >= 0.3 is 0 Å². The highest BCUT2D eigenvalue weighted by Crippen LogP contribution is 2.25. The average Bonchev–Trinajstić information content (AvgIpc) is 2.00. The van der Waals surface area contributed by atoms with E-state index in [9.17, 15) is 4.91 Å². The minimum absolute atomic E-state index is 0.167. The Hall–Kier alpha value is -0.380. The average molecular weight is 190 g/mol. The van der Waals surface area contributed by atoms with E-state index in [4.69, 9.17) is 0 Å². The maximum Gasteiger partial charge on any atom is 0.127 e. The normalized spacial score (nSPS) is 25.9. The number of hydrogen-bond donors (Lipinski definition) is 0. The molecule has 0 aliphatic carbocycles. The summed E-state index contributed by atoms with van der Waals surface area (Å²) in [6.45, 7) is 4.98. The first kappa shape index (κ1) is 11.7. The minimum Gasteiger partial charge on any atom is -0.302 e. The molecular weight excluding hydrogens is 173 g/mol. The first-order chi connectivity index (χ1) is 6.33. The second-order valence-electron chi connectivity index (χ2n) is 5.32. The lowest BCUT2D eigenvalue weighted by Crippen LogP contribution is -2.72. The smallest absolute Gasteiger partial charge is 0.127 e. The Morgan fingerprint density at radius 1 is 1.21 bits per heavy atom. The van der Waals surface area contributed by atoms with Crippen molar-refractivity contribution < 1.29 is 0 Å². The van der Waals surface area contributed by atoms with E-state index in [2.05, 4.69) is 48.5 Å².